The van der Waals surface area contributed by atoms with Gasteiger partial charge in [-0.25, -0.2) is 4.79 Å². The van der Waals surface area contributed by atoms with E-state index in [1.165, 1.54) is 7.11 Å². The third kappa shape index (κ3) is 3.60. The predicted molar refractivity (Wildman–Crippen MR) is 103 cm³/mol. The minimum atomic E-state index is -1.29. The van der Waals surface area contributed by atoms with Crippen LogP contribution in [0, 0.1) is 17.0 Å². The molecule has 0 aliphatic carbocycles. The van der Waals surface area contributed by atoms with Crippen LogP contribution < -0.4 is 0 Å². The summed E-state index contributed by atoms with van der Waals surface area (Å²) in [5.74, 6) is -1.22. The zero-order valence-electron chi connectivity index (χ0n) is 15.4. The van der Waals surface area contributed by atoms with E-state index in [0.717, 1.165) is 22.4 Å². The zero-order valence-corrected chi connectivity index (χ0v) is 15.4. The molecule has 0 fully saturated rings. The van der Waals surface area contributed by atoms with Crippen LogP contribution in [-0.4, -0.2) is 35.8 Å². The fourth-order valence-electron chi connectivity index (χ4n) is 3.85. The lowest BCUT2D eigenvalue weighted by molar-refractivity contribution is -0.484. The van der Waals surface area contributed by atoms with Crippen molar-refractivity contribution in [2.24, 2.45) is 4.99 Å². The molecule has 3 rings (SSSR count). The quantitative estimate of drug-likeness (QED) is 0.445. The highest BCUT2D eigenvalue weighted by Crippen LogP contribution is 2.42. The Bertz CT molecular complexity index is 879. The molecule has 27 heavy (non-hydrogen) atoms. The number of hydrogen-bond acceptors (Lipinski definition) is 5. The highest BCUT2D eigenvalue weighted by molar-refractivity contribution is 6.05. The molecule has 0 spiro atoms. The van der Waals surface area contributed by atoms with Crippen molar-refractivity contribution in [2.75, 3.05) is 13.7 Å². The van der Waals surface area contributed by atoms with E-state index in [2.05, 4.69) is 0 Å². The molecule has 0 amide bonds. The van der Waals surface area contributed by atoms with Crippen molar-refractivity contribution >= 4 is 11.7 Å². The Morgan fingerprint density at radius 2 is 1.89 bits per heavy atom. The second-order valence-corrected chi connectivity index (χ2v) is 6.76. The molecule has 6 nitrogen and oxygen atoms in total. The number of nitro groups is 1. The molecule has 140 valence electrons. The van der Waals surface area contributed by atoms with Gasteiger partial charge in [-0.3, -0.25) is 15.1 Å². The lowest BCUT2D eigenvalue weighted by atomic mass is 9.76. The smallest absolute Gasteiger partial charge is 0.334 e. The number of hydrogen-bond donors (Lipinski definition) is 0. The molecule has 0 saturated carbocycles. The molecule has 0 N–H and O–H groups in total. The molecule has 0 aromatic heterocycles. The lowest BCUT2D eigenvalue weighted by Crippen LogP contribution is -2.45. The maximum Gasteiger partial charge on any atom is 0.334 e. The normalized spacial score (nSPS) is 20.0. The topological polar surface area (TPSA) is 81.8 Å². The van der Waals surface area contributed by atoms with Crippen LogP contribution in [0.1, 0.15) is 35.4 Å². The van der Waals surface area contributed by atoms with Crippen LogP contribution in [0.3, 0.4) is 0 Å². The number of rotatable bonds is 6. The first-order valence-corrected chi connectivity index (χ1v) is 8.88. The molecular weight excluding hydrogens is 344 g/mol. The number of carbonyl (C=O) groups excluding carboxylic acids is 1. The van der Waals surface area contributed by atoms with Crippen LogP contribution in [0.2, 0.25) is 0 Å². The van der Waals surface area contributed by atoms with E-state index in [9.17, 15) is 14.9 Å². The first kappa shape index (κ1) is 18.8. The zero-order chi connectivity index (χ0) is 19.4. The Labute approximate surface area is 158 Å². The van der Waals surface area contributed by atoms with Crippen LogP contribution in [0.25, 0.3) is 0 Å². The number of carbonyl (C=O) groups is 1. The lowest BCUT2D eigenvalue weighted by Gasteiger charge is -2.31. The standard InChI is InChI=1S/C21H22N2O4/c1-15-8-6-7-11-17(15)18(14-23(25)26)21(20(24)27-2)13-12-19(22-21)16-9-4-3-5-10-16/h3-11,18H,12-14H2,1-2H3/t18-,21-/m0/s1. The van der Waals surface area contributed by atoms with E-state index in [1.54, 1.807) is 0 Å². The Hall–Kier alpha value is -3.02. The van der Waals surface area contributed by atoms with Crippen molar-refractivity contribution in [2.45, 2.75) is 31.2 Å². The van der Waals surface area contributed by atoms with Crippen LogP contribution in [-0.2, 0) is 9.53 Å². The van der Waals surface area contributed by atoms with Gasteiger partial charge < -0.3 is 4.74 Å². The number of aryl methyl sites for hydroxylation is 1. The summed E-state index contributed by atoms with van der Waals surface area (Å²) in [7, 11) is 1.31. The van der Waals surface area contributed by atoms with Crippen LogP contribution in [0.15, 0.2) is 59.6 Å². The average Bonchev–Trinajstić information content (AvgIpc) is 3.13. The van der Waals surface area contributed by atoms with Crippen molar-refractivity contribution < 1.29 is 14.5 Å². The van der Waals surface area contributed by atoms with Crippen molar-refractivity contribution in [3.63, 3.8) is 0 Å². The summed E-state index contributed by atoms with van der Waals surface area (Å²) in [5, 5.41) is 11.5. The van der Waals surface area contributed by atoms with Crippen molar-refractivity contribution in [3.8, 4) is 0 Å². The van der Waals surface area contributed by atoms with Gasteiger partial charge in [0.05, 0.1) is 13.0 Å². The second-order valence-electron chi connectivity index (χ2n) is 6.76. The molecule has 0 bridgehead atoms. The van der Waals surface area contributed by atoms with Gasteiger partial charge in [0.25, 0.3) is 0 Å². The Balaban J connectivity index is 2.15. The molecule has 0 unspecified atom stereocenters. The minimum Gasteiger partial charge on any atom is -0.467 e. The van der Waals surface area contributed by atoms with Crippen LogP contribution >= 0.6 is 0 Å². The van der Waals surface area contributed by atoms with Crippen molar-refractivity contribution in [3.05, 3.63) is 81.4 Å². The molecule has 1 aliphatic rings. The number of nitrogens with zero attached hydrogens (tertiary/aromatic N) is 2. The largest absolute Gasteiger partial charge is 0.467 e. The fourth-order valence-corrected chi connectivity index (χ4v) is 3.85. The Morgan fingerprint density at radius 3 is 2.52 bits per heavy atom. The monoisotopic (exact) mass is 366 g/mol. The summed E-state index contributed by atoms with van der Waals surface area (Å²) in [4.78, 5) is 28.7. The van der Waals surface area contributed by atoms with E-state index in [4.69, 9.17) is 9.73 Å². The number of esters is 1. The van der Waals surface area contributed by atoms with Crippen molar-refractivity contribution in [1.82, 2.24) is 0 Å². The molecule has 1 heterocycles. The van der Waals surface area contributed by atoms with Gasteiger partial charge in [0.1, 0.15) is 0 Å². The molecule has 2 aromatic rings. The second kappa shape index (κ2) is 7.70. The number of benzene rings is 2. The molecule has 2 aromatic carbocycles. The fraction of sp³-hybridized carbons (Fsp3) is 0.333. The first-order valence-electron chi connectivity index (χ1n) is 8.88. The Kier molecular flexibility index (Phi) is 5.35. The van der Waals surface area contributed by atoms with E-state index < -0.39 is 17.4 Å². The third-order valence-corrected chi connectivity index (χ3v) is 5.20. The van der Waals surface area contributed by atoms with E-state index in [1.807, 2.05) is 61.5 Å². The Morgan fingerprint density at radius 1 is 1.22 bits per heavy atom. The van der Waals surface area contributed by atoms with Gasteiger partial charge in [0, 0.05) is 10.6 Å². The summed E-state index contributed by atoms with van der Waals surface area (Å²) >= 11 is 0. The van der Waals surface area contributed by atoms with Crippen LogP contribution in [0.5, 0.6) is 0 Å². The average molecular weight is 366 g/mol. The number of aliphatic imine (C=N–C) groups is 1. The van der Waals surface area contributed by atoms with E-state index >= 15 is 0 Å². The summed E-state index contributed by atoms with van der Waals surface area (Å²) in [6.07, 6.45) is 0.954. The van der Waals surface area contributed by atoms with Gasteiger partial charge in [0.2, 0.25) is 6.54 Å². The SMILES string of the molecule is COC(=O)[C@@]1([C@@H](C[N+](=O)[O-])c2ccccc2C)CCC(c2ccccc2)=N1. The number of ether oxygens (including phenoxy) is 1. The van der Waals surface area contributed by atoms with Gasteiger partial charge in [0.15, 0.2) is 5.54 Å². The maximum atomic E-state index is 12.9. The first-order chi connectivity index (χ1) is 13.0. The third-order valence-electron chi connectivity index (χ3n) is 5.20. The summed E-state index contributed by atoms with van der Waals surface area (Å²) in [5.41, 5.74) is 2.07. The molecule has 0 radical (unpaired) electrons. The highest BCUT2D eigenvalue weighted by atomic mass is 16.6. The van der Waals surface area contributed by atoms with Gasteiger partial charge in [-0.2, -0.15) is 0 Å². The summed E-state index contributed by atoms with van der Waals surface area (Å²) in [6, 6.07) is 17.0. The van der Waals surface area contributed by atoms with Gasteiger partial charge >= 0.3 is 5.97 Å². The molecule has 0 saturated heterocycles. The molecule has 1 aliphatic heterocycles. The van der Waals surface area contributed by atoms with Crippen molar-refractivity contribution in [1.29, 1.82) is 0 Å². The van der Waals surface area contributed by atoms with E-state index in [-0.39, 0.29) is 11.5 Å². The summed E-state index contributed by atoms with van der Waals surface area (Å²) in [6.45, 7) is 1.51. The van der Waals surface area contributed by atoms with E-state index in [0.29, 0.717) is 12.8 Å². The van der Waals surface area contributed by atoms with Gasteiger partial charge in [-0.05, 0) is 36.5 Å². The predicted octanol–water partition coefficient (Wildman–Crippen LogP) is 3.55. The molecule has 2 atom stereocenters. The molecule has 6 heteroatoms. The van der Waals surface area contributed by atoms with Gasteiger partial charge in [-0.1, -0.05) is 54.6 Å². The number of methoxy groups -OCH3 is 1. The maximum absolute atomic E-state index is 12.9. The highest BCUT2D eigenvalue weighted by Gasteiger charge is 2.52. The molecular formula is C21H22N2O4. The summed E-state index contributed by atoms with van der Waals surface area (Å²) < 4.78 is 5.08. The minimum absolute atomic E-state index is 0.377. The van der Waals surface area contributed by atoms with Crippen LogP contribution in [0.4, 0.5) is 0 Å². The van der Waals surface area contributed by atoms with Gasteiger partial charge in [-0.15, -0.1) is 0 Å².